The van der Waals surface area contributed by atoms with E-state index in [9.17, 15) is 5.11 Å². The van der Waals surface area contributed by atoms with Crippen LogP contribution in [0.15, 0.2) is 18.5 Å². The zero-order chi connectivity index (χ0) is 12.1. The fraction of sp³-hybridized carbons (Fsp3) is 0.615. The SMILES string of the molecule is CCCNc1cncc(NCC(O)C2CC2)c1. The van der Waals surface area contributed by atoms with Gasteiger partial charge in [0.15, 0.2) is 0 Å². The number of hydrogen-bond acceptors (Lipinski definition) is 4. The molecular weight excluding hydrogens is 214 g/mol. The first-order valence-corrected chi connectivity index (χ1v) is 6.40. The van der Waals surface area contributed by atoms with Gasteiger partial charge in [0.1, 0.15) is 0 Å². The van der Waals surface area contributed by atoms with Crippen molar-refractivity contribution in [3.63, 3.8) is 0 Å². The molecule has 4 nitrogen and oxygen atoms in total. The monoisotopic (exact) mass is 235 g/mol. The molecule has 0 spiro atoms. The van der Waals surface area contributed by atoms with E-state index in [4.69, 9.17) is 0 Å². The molecule has 0 bridgehead atoms. The van der Waals surface area contributed by atoms with Gasteiger partial charge >= 0.3 is 0 Å². The van der Waals surface area contributed by atoms with Crippen LogP contribution in [0, 0.1) is 5.92 Å². The molecule has 0 radical (unpaired) electrons. The van der Waals surface area contributed by atoms with Gasteiger partial charge < -0.3 is 15.7 Å². The van der Waals surface area contributed by atoms with E-state index in [0.717, 1.165) is 24.3 Å². The average Bonchev–Trinajstić information content (AvgIpc) is 3.18. The molecule has 94 valence electrons. The van der Waals surface area contributed by atoms with Gasteiger partial charge in [0.25, 0.3) is 0 Å². The van der Waals surface area contributed by atoms with Crippen LogP contribution >= 0.6 is 0 Å². The Labute approximate surface area is 102 Å². The molecule has 0 saturated heterocycles. The maximum Gasteiger partial charge on any atom is 0.0740 e. The van der Waals surface area contributed by atoms with Crippen molar-refractivity contribution in [2.24, 2.45) is 5.92 Å². The Balaban J connectivity index is 1.82. The molecule has 17 heavy (non-hydrogen) atoms. The van der Waals surface area contributed by atoms with Crippen LogP contribution in [0.4, 0.5) is 11.4 Å². The Bertz CT molecular complexity index is 352. The number of aliphatic hydroxyl groups is 1. The van der Waals surface area contributed by atoms with Crippen LogP contribution < -0.4 is 10.6 Å². The highest BCUT2D eigenvalue weighted by atomic mass is 16.3. The molecule has 1 aliphatic rings. The number of hydrogen-bond donors (Lipinski definition) is 3. The summed E-state index contributed by atoms with van der Waals surface area (Å²) < 4.78 is 0. The van der Waals surface area contributed by atoms with Crippen molar-refractivity contribution in [2.45, 2.75) is 32.3 Å². The Morgan fingerprint density at radius 3 is 2.71 bits per heavy atom. The third kappa shape index (κ3) is 3.89. The molecule has 0 aliphatic heterocycles. The van der Waals surface area contributed by atoms with Gasteiger partial charge in [-0.3, -0.25) is 4.98 Å². The minimum atomic E-state index is -0.220. The van der Waals surface area contributed by atoms with Gasteiger partial charge in [-0.05, 0) is 31.2 Å². The van der Waals surface area contributed by atoms with Crippen LogP contribution in [0.3, 0.4) is 0 Å². The summed E-state index contributed by atoms with van der Waals surface area (Å²) >= 11 is 0. The van der Waals surface area contributed by atoms with Gasteiger partial charge in [0.2, 0.25) is 0 Å². The zero-order valence-electron chi connectivity index (χ0n) is 10.3. The highest BCUT2D eigenvalue weighted by Gasteiger charge is 2.29. The number of rotatable bonds is 7. The lowest BCUT2D eigenvalue weighted by molar-refractivity contribution is 0.164. The highest BCUT2D eigenvalue weighted by Crippen LogP contribution is 2.32. The van der Waals surface area contributed by atoms with Gasteiger partial charge in [-0.15, -0.1) is 0 Å². The summed E-state index contributed by atoms with van der Waals surface area (Å²) in [7, 11) is 0. The number of nitrogens with zero attached hydrogens (tertiary/aromatic N) is 1. The van der Waals surface area contributed by atoms with Gasteiger partial charge in [-0.2, -0.15) is 0 Å². The third-order valence-electron chi connectivity index (χ3n) is 3.00. The van der Waals surface area contributed by atoms with Crippen LogP contribution in [0.2, 0.25) is 0 Å². The average molecular weight is 235 g/mol. The second-order valence-electron chi connectivity index (χ2n) is 4.67. The van der Waals surface area contributed by atoms with E-state index in [1.54, 1.807) is 6.20 Å². The maximum atomic E-state index is 9.76. The van der Waals surface area contributed by atoms with Crippen molar-refractivity contribution in [3.05, 3.63) is 18.5 Å². The fourth-order valence-corrected chi connectivity index (χ4v) is 1.77. The summed E-state index contributed by atoms with van der Waals surface area (Å²) in [6, 6.07) is 2.03. The Morgan fingerprint density at radius 1 is 1.35 bits per heavy atom. The van der Waals surface area contributed by atoms with Crippen molar-refractivity contribution in [3.8, 4) is 0 Å². The van der Waals surface area contributed by atoms with E-state index >= 15 is 0 Å². The molecular formula is C13H21N3O. The quantitative estimate of drug-likeness (QED) is 0.677. The van der Waals surface area contributed by atoms with Gasteiger partial charge in [0, 0.05) is 13.1 Å². The van der Waals surface area contributed by atoms with Crippen LogP contribution in [0.25, 0.3) is 0 Å². The second-order valence-corrected chi connectivity index (χ2v) is 4.67. The van der Waals surface area contributed by atoms with Crippen molar-refractivity contribution in [1.29, 1.82) is 0 Å². The van der Waals surface area contributed by atoms with Gasteiger partial charge in [-0.1, -0.05) is 6.92 Å². The van der Waals surface area contributed by atoms with E-state index in [-0.39, 0.29) is 6.10 Å². The standard InChI is InChI=1S/C13H21N3O/c1-2-5-15-11-6-12(8-14-7-11)16-9-13(17)10-3-4-10/h6-8,10,13,15-17H,2-5,9H2,1H3. The van der Waals surface area contributed by atoms with Crippen molar-refractivity contribution >= 4 is 11.4 Å². The van der Waals surface area contributed by atoms with Crippen LogP contribution in [0.5, 0.6) is 0 Å². The van der Waals surface area contributed by atoms with Gasteiger partial charge in [0.05, 0.1) is 29.9 Å². The number of nitrogens with one attached hydrogen (secondary N) is 2. The smallest absolute Gasteiger partial charge is 0.0740 e. The summed E-state index contributed by atoms with van der Waals surface area (Å²) in [5.74, 6) is 0.511. The summed E-state index contributed by atoms with van der Waals surface area (Å²) in [5.41, 5.74) is 1.99. The summed E-state index contributed by atoms with van der Waals surface area (Å²) in [6.07, 6.45) is 6.81. The molecule has 1 atom stereocenters. The topological polar surface area (TPSA) is 57.2 Å². The van der Waals surface area contributed by atoms with Gasteiger partial charge in [-0.25, -0.2) is 0 Å². The molecule has 1 saturated carbocycles. The molecule has 1 aliphatic carbocycles. The molecule has 1 heterocycles. The zero-order valence-corrected chi connectivity index (χ0v) is 10.3. The minimum absolute atomic E-state index is 0.220. The number of pyridine rings is 1. The first-order valence-electron chi connectivity index (χ1n) is 6.40. The Kier molecular flexibility index (Phi) is 4.20. The Morgan fingerprint density at radius 2 is 2.06 bits per heavy atom. The van der Waals surface area contributed by atoms with E-state index in [0.29, 0.717) is 12.5 Å². The van der Waals surface area contributed by atoms with Crippen molar-refractivity contribution in [2.75, 3.05) is 23.7 Å². The molecule has 0 aromatic carbocycles. The van der Waals surface area contributed by atoms with E-state index in [1.165, 1.54) is 12.8 Å². The lowest BCUT2D eigenvalue weighted by Crippen LogP contribution is -2.21. The predicted octanol–water partition coefficient (Wildman–Crippen LogP) is 2.09. The molecule has 1 aromatic heterocycles. The normalized spacial score (nSPS) is 16.6. The molecule has 1 fully saturated rings. The summed E-state index contributed by atoms with van der Waals surface area (Å²) in [5, 5.41) is 16.3. The maximum absolute atomic E-state index is 9.76. The molecule has 4 heteroatoms. The van der Waals surface area contributed by atoms with Crippen molar-refractivity contribution < 1.29 is 5.11 Å². The van der Waals surface area contributed by atoms with Crippen LogP contribution in [0.1, 0.15) is 26.2 Å². The fourth-order valence-electron chi connectivity index (χ4n) is 1.77. The van der Waals surface area contributed by atoms with Crippen LogP contribution in [-0.2, 0) is 0 Å². The molecule has 2 rings (SSSR count). The number of aromatic nitrogens is 1. The highest BCUT2D eigenvalue weighted by molar-refractivity contribution is 5.53. The van der Waals surface area contributed by atoms with E-state index < -0.39 is 0 Å². The van der Waals surface area contributed by atoms with E-state index in [1.807, 2.05) is 12.3 Å². The predicted molar refractivity (Wildman–Crippen MR) is 70.2 cm³/mol. The summed E-state index contributed by atoms with van der Waals surface area (Å²) in [6.45, 7) is 3.70. The second kappa shape index (κ2) is 5.87. The lowest BCUT2D eigenvalue weighted by Gasteiger charge is -2.12. The van der Waals surface area contributed by atoms with Crippen molar-refractivity contribution in [1.82, 2.24) is 4.98 Å². The molecule has 0 amide bonds. The van der Waals surface area contributed by atoms with Crippen LogP contribution in [-0.4, -0.2) is 29.3 Å². The Hall–Kier alpha value is -1.29. The summed E-state index contributed by atoms with van der Waals surface area (Å²) in [4.78, 5) is 4.17. The third-order valence-corrected chi connectivity index (χ3v) is 3.00. The largest absolute Gasteiger partial charge is 0.391 e. The number of aliphatic hydroxyl groups excluding tert-OH is 1. The first kappa shape index (κ1) is 12.2. The minimum Gasteiger partial charge on any atom is -0.391 e. The first-order chi connectivity index (χ1) is 8.29. The number of anilines is 2. The van der Waals surface area contributed by atoms with E-state index in [2.05, 4.69) is 22.5 Å². The molecule has 1 unspecified atom stereocenters. The molecule has 1 aromatic rings. The lowest BCUT2D eigenvalue weighted by atomic mass is 10.2. The molecule has 3 N–H and O–H groups in total.